The molecule has 0 aromatic heterocycles. The van der Waals surface area contributed by atoms with E-state index in [0.29, 0.717) is 30.2 Å². The average Bonchev–Trinajstić information content (AvgIpc) is 3.07. The molecule has 0 bridgehead atoms. The van der Waals surface area contributed by atoms with Gasteiger partial charge in [-0.05, 0) is 35.3 Å². The fraction of sp³-hybridized carbons (Fsp3) is 0.286. The minimum atomic E-state index is -0.310. The first-order chi connectivity index (χ1) is 13.5. The van der Waals surface area contributed by atoms with Gasteiger partial charge in [-0.15, -0.1) is 0 Å². The summed E-state index contributed by atoms with van der Waals surface area (Å²) in [5.74, 6) is 0.860. The molecule has 1 aliphatic rings. The maximum Gasteiger partial charge on any atom is 0.324 e. The lowest BCUT2D eigenvalue weighted by Crippen LogP contribution is -2.23. The van der Waals surface area contributed by atoms with E-state index in [4.69, 9.17) is 20.7 Å². The van der Waals surface area contributed by atoms with Crippen LogP contribution in [-0.4, -0.2) is 25.1 Å². The van der Waals surface area contributed by atoms with Crippen molar-refractivity contribution in [3.8, 4) is 17.2 Å². The van der Waals surface area contributed by atoms with E-state index in [0.717, 1.165) is 11.0 Å². The number of ether oxygens (including phenoxy) is 2. The van der Waals surface area contributed by atoms with Crippen molar-refractivity contribution in [2.75, 3.05) is 6.61 Å². The second-order valence-electron chi connectivity index (χ2n) is 6.56. The van der Waals surface area contributed by atoms with Crippen LogP contribution in [0.2, 0.25) is 6.82 Å². The van der Waals surface area contributed by atoms with Gasteiger partial charge in [-0.3, -0.25) is 9.59 Å². The number of carbonyl (C=O) groups excluding carboxylic acids is 2. The van der Waals surface area contributed by atoms with Crippen LogP contribution in [0, 0.1) is 6.57 Å². The topological polar surface area (TPSA) is 66.2 Å². The van der Waals surface area contributed by atoms with Crippen LogP contribution in [0.15, 0.2) is 36.4 Å². The summed E-state index contributed by atoms with van der Waals surface area (Å²) in [6, 6.07) is 10.5. The summed E-state index contributed by atoms with van der Waals surface area (Å²) in [7, 11) is 0. The van der Waals surface area contributed by atoms with E-state index in [1.54, 1.807) is 19.1 Å². The smallest absolute Gasteiger partial charge is 0.324 e. The van der Waals surface area contributed by atoms with Crippen LogP contribution in [0.25, 0.3) is 4.85 Å². The Morgan fingerprint density at radius 1 is 1.18 bits per heavy atom. The summed E-state index contributed by atoms with van der Waals surface area (Å²) < 4.78 is 17.1. The standard InChI is InChI=1S/C21H20BNO5/c1-4-16(24)11-17(25)13-26-21-10-15(23-3)5-8-20(21)28-18-6-7-19-14(9-18)12-27-22(19)2/h5-10H,4,11-13H2,1-2H3. The lowest BCUT2D eigenvalue weighted by atomic mass is 9.64. The number of nitrogens with zero attached hydrogens (tertiary/aromatic N) is 1. The highest BCUT2D eigenvalue weighted by Gasteiger charge is 2.23. The molecule has 0 amide bonds. The van der Waals surface area contributed by atoms with Gasteiger partial charge >= 0.3 is 6.92 Å². The van der Waals surface area contributed by atoms with Crippen molar-refractivity contribution < 1.29 is 23.7 Å². The molecule has 0 saturated heterocycles. The van der Waals surface area contributed by atoms with Gasteiger partial charge in [0.05, 0.1) is 19.6 Å². The van der Waals surface area contributed by atoms with Gasteiger partial charge in [-0.1, -0.05) is 25.9 Å². The fourth-order valence-corrected chi connectivity index (χ4v) is 2.92. The molecule has 0 fully saturated rings. The summed E-state index contributed by atoms with van der Waals surface area (Å²) >= 11 is 0. The number of Topliss-reactive ketones (excluding diaryl/α,β-unsaturated/α-hetero) is 2. The normalized spacial score (nSPS) is 12.2. The molecule has 142 valence electrons. The fourth-order valence-electron chi connectivity index (χ4n) is 2.92. The van der Waals surface area contributed by atoms with Crippen molar-refractivity contribution in [2.45, 2.75) is 33.2 Å². The molecule has 0 spiro atoms. The van der Waals surface area contributed by atoms with E-state index < -0.39 is 0 Å². The Morgan fingerprint density at radius 2 is 2.00 bits per heavy atom. The highest BCUT2D eigenvalue weighted by molar-refractivity contribution is 6.67. The highest BCUT2D eigenvalue weighted by atomic mass is 16.5. The van der Waals surface area contributed by atoms with Gasteiger partial charge in [0.1, 0.15) is 18.1 Å². The van der Waals surface area contributed by atoms with E-state index in [9.17, 15) is 9.59 Å². The maximum atomic E-state index is 11.9. The SMILES string of the molecule is [C-]#[N+]c1ccc(Oc2ccc3c(c2)COB3C)c(OCC(=O)CC(=O)CC)c1. The second-order valence-corrected chi connectivity index (χ2v) is 6.56. The molecule has 7 heteroatoms. The zero-order valence-electron chi connectivity index (χ0n) is 15.9. The largest absolute Gasteiger partial charge is 0.483 e. The van der Waals surface area contributed by atoms with E-state index in [-0.39, 0.29) is 37.3 Å². The number of hydrogen-bond donors (Lipinski definition) is 0. The molecule has 0 saturated carbocycles. The minimum absolute atomic E-state index is 0.0673. The summed E-state index contributed by atoms with van der Waals surface area (Å²) in [6.07, 6.45) is 0.159. The predicted molar refractivity (Wildman–Crippen MR) is 106 cm³/mol. The first-order valence-electron chi connectivity index (χ1n) is 9.10. The van der Waals surface area contributed by atoms with Crippen LogP contribution < -0.4 is 14.9 Å². The molecule has 6 nitrogen and oxygen atoms in total. The maximum absolute atomic E-state index is 11.9. The van der Waals surface area contributed by atoms with E-state index in [1.165, 1.54) is 6.07 Å². The molecule has 1 heterocycles. The van der Waals surface area contributed by atoms with Crippen LogP contribution in [0.5, 0.6) is 17.2 Å². The number of rotatable bonds is 8. The Hall–Kier alpha value is -3.11. The summed E-state index contributed by atoms with van der Waals surface area (Å²) in [4.78, 5) is 26.7. The molecule has 0 radical (unpaired) electrons. The number of hydrogen-bond acceptors (Lipinski definition) is 5. The lowest BCUT2D eigenvalue weighted by molar-refractivity contribution is -0.128. The molecule has 28 heavy (non-hydrogen) atoms. The van der Waals surface area contributed by atoms with Crippen LogP contribution >= 0.6 is 0 Å². The van der Waals surface area contributed by atoms with Crippen molar-refractivity contribution in [2.24, 2.45) is 0 Å². The second kappa shape index (κ2) is 8.72. The molecule has 3 rings (SSSR count). The van der Waals surface area contributed by atoms with Crippen LogP contribution in [-0.2, 0) is 20.9 Å². The summed E-state index contributed by atoms with van der Waals surface area (Å²) in [5, 5.41) is 0. The Morgan fingerprint density at radius 3 is 2.75 bits per heavy atom. The molecule has 1 aliphatic heterocycles. The Bertz CT molecular complexity index is 950. The molecule has 2 aromatic carbocycles. The van der Waals surface area contributed by atoms with Crippen molar-refractivity contribution in [1.82, 2.24) is 0 Å². The van der Waals surface area contributed by atoms with Crippen molar-refractivity contribution in [3.63, 3.8) is 0 Å². The zero-order valence-corrected chi connectivity index (χ0v) is 15.9. The predicted octanol–water partition coefficient (Wildman–Crippen LogP) is 3.71. The first kappa shape index (κ1) is 19.7. The monoisotopic (exact) mass is 377 g/mol. The molecule has 2 aromatic rings. The van der Waals surface area contributed by atoms with Crippen LogP contribution in [0.4, 0.5) is 5.69 Å². The van der Waals surface area contributed by atoms with Crippen molar-refractivity contribution >= 4 is 29.6 Å². The molecule has 0 aliphatic carbocycles. The van der Waals surface area contributed by atoms with E-state index in [1.807, 2.05) is 25.0 Å². The third kappa shape index (κ3) is 4.59. The summed E-state index contributed by atoms with van der Waals surface area (Å²) in [5.41, 5.74) is 2.58. The van der Waals surface area contributed by atoms with Gasteiger partial charge in [0, 0.05) is 6.42 Å². The molecule has 0 atom stereocenters. The molecular formula is C21H20BNO5. The third-order valence-electron chi connectivity index (χ3n) is 4.50. The number of fused-ring (bicyclic) bond motifs is 1. The quantitative estimate of drug-likeness (QED) is 0.399. The van der Waals surface area contributed by atoms with Crippen molar-refractivity contribution in [3.05, 3.63) is 53.4 Å². The number of ketones is 2. The first-order valence-corrected chi connectivity index (χ1v) is 9.10. The Balaban J connectivity index is 1.76. The number of carbonyl (C=O) groups is 2. The zero-order chi connectivity index (χ0) is 20.1. The van der Waals surface area contributed by atoms with Gasteiger partial charge in [-0.2, -0.15) is 0 Å². The Labute approximate surface area is 164 Å². The number of benzene rings is 2. The minimum Gasteiger partial charge on any atom is -0.483 e. The molecule has 0 N–H and O–H groups in total. The summed E-state index contributed by atoms with van der Waals surface area (Å²) in [6.45, 7) is 11.2. The van der Waals surface area contributed by atoms with Gasteiger partial charge in [0.15, 0.2) is 23.0 Å². The van der Waals surface area contributed by atoms with Gasteiger partial charge in [0.2, 0.25) is 0 Å². The van der Waals surface area contributed by atoms with E-state index >= 15 is 0 Å². The Kier molecular flexibility index (Phi) is 6.12. The third-order valence-corrected chi connectivity index (χ3v) is 4.50. The molecular weight excluding hydrogens is 357 g/mol. The molecule has 0 unspecified atom stereocenters. The van der Waals surface area contributed by atoms with Gasteiger partial charge in [0.25, 0.3) is 0 Å². The van der Waals surface area contributed by atoms with E-state index in [2.05, 4.69) is 4.85 Å². The van der Waals surface area contributed by atoms with Crippen LogP contribution in [0.1, 0.15) is 25.3 Å². The van der Waals surface area contributed by atoms with Crippen LogP contribution in [0.3, 0.4) is 0 Å². The van der Waals surface area contributed by atoms with Crippen molar-refractivity contribution in [1.29, 1.82) is 0 Å². The lowest BCUT2D eigenvalue weighted by Gasteiger charge is -2.13. The highest BCUT2D eigenvalue weighted by Crippen LogP contribution is 2.35. The van der Waals surface area contributed by atoms with Gasteiger partial charge < -0.3 is 14.1 Å². The van der Waals surface area contributed by atoms with Gasteiger partial charge in [-0.25, -0.2) is 4.85 Å². The average molecular weight is 377 g/mol.